The zero-order chi connectivity index (χ0) is 31.2. The Morgan fingerprint density at radius 2 is 1.60 bits per heavy atom. The predicted molar refractivity (Wildman–Crippen MR) is 169 cm³/mol. The zero-order valence-electron chi connectivity index (χ0n) is 24.7. The highest BCUT2D eigenvalue weighted by Crippen LogP contribution is 2.39. The molecule has 5 aromatic rings. The smallest absolute Gasteiger partial charge is 0.303 e. The molecule has 1 saturated heterocycles. The molecule has 1 aliphatic heterocycles. The van der Waals surface area contributed by atoms with Crippen molar-refractivity contribution in [1.82, 2.24) is 14.9 Å². The third-order valence-electron chi connectivity index (χ3n) is 8.10. The first-order chi connectivity index (χ1) is 22.0. The molecule has 0 aliphatic carbocycles. The summed E-state index contributed by atoms with van der Waals surface area (Å²) >= 11 is 0. The lowest BCUT2D eigenvalue weighted by atomic mass is 9.97. The Kier molecular flexibility index (Phi) is 9.30. The largest absolute Gasteiger partial charge is 0.481 e. The number of carboxylic acid groups (broad SMARTS) is 1. The summed E-state index contributed by atoms with van der Waals surface area (Å²) in [5, 5.41) is 21.2. The summed E-state index contributed by atoms with van der Waals surface area (Å²) in [5.74, 6) is -1.29. The van der Waals surface area contributed by atoms with E-state index >= 15 is 0 Å². The van der Waals surface area contributed by atoms with Gasteiger partial charge in [-0.1, -0.05) is 84.9 Å². The van der Waals surface area contributed by atoms with Gasteiger partial charge in [0, 0.05) is 24.9 Å². The fraction of sp³-hybridized carbons (Fsp3) is 0.250. The number of amides is 1. The van der Waals surface area contributed by atoms with Crippen LogP contribution in [-0.4, -0.2) is 37.7 Å². The highest BCUT2D eigenvalue weighted by atomic mass is 16.7. The fourth-order valence-electron chi connectivity index (χ4n) is 5.69. The summed E-state index contributed by atoms with van der Waals surface area (Å²) in [6, 6.07) is 31.7. The van der Waals surface area contributed by atoms with Gasteiger partial charge >= 0.3 is 5.97 Å². The monoisotopic (exact) mass is 605 g/mol. The van der Waals surface area contributed by atoms with Crippen molar-refractivity contribution in [3.8, 4) is 11.1 Å². The van der Waals surface area contributed by atoms with E-state index in [2.05, 4.69) is 20.9 Å². The number of imidazole rings is 1. The zero-order valence-corrected chi connectivity index (χ0v) is 24.7. The summed E-state index contributed by atoms with van der Waals surface area (Å²) in [6.07, 6.45) is 1.30. The van der Waals surface area contributed by atoms with Gasteiger partial charge in [0.05, 0.1) is 49.1 Å². The van der Waals surface area contributed by atoms with Crippen molar-refractivity contribution in [3.05, 3.63) is 126 Å². The average Bonchev–Trinajstić information content (AvgIpc) is 3.49. The minimum absolute atomic E-state index is 0.0135. The number of hydrogen-bond donors (Lipinski definition) is 3. The molecule has 4 aromatic carbocycles. The van der Waals surface area contributed by atoms with Gasteiger partial charge in [-0.25, -0.2) is 4.98 Å². The molecule has 0 unspecified atom stereocenters. The molecule has 3 atom stereocenters. The molecule has 9 nitrogen and oxygen atoms in total. The molecule has 45 heavy (non-hydrogen) atoms. The molecule has 3 N–H and O–H groups in total. The van der Waals surface area contributed by atoms with Gasteiger partial charge < -0.3 is 29.6 Å². The van der Waals surface area contributed by atoms with Crippen LogP contribution in [0.5, 0.6) is 0 Å². The molecule has 230 valence electrons. The number of aliphatic carboxylic acids is 1. The number of hydrogen-bond acceptors (Lipinski definition) is 6. The number of para-hydroxylation sites is 2. The Bertz CT molecular complexity index is 1770. The van der Waals surface area contributed by atoms with Crippen LogP contribution in [0.25, 0.3) is 22.2 Å². The Morgan fingerprint density at radius 3 is 2.38 bits per heavy atom. The minimum Gasteiger partial charge on any atom is -0.481 e. The molecule has 2 heterocycles. The SMILES string of the molecule is O=C(O)CCC(=O)NCc1ccccc1-c1ccc([C@H]2O[C@@H](Cn3cnc4ccccc43)C[C@@H](c3ccc(CO)cc3)O2)cc1. The van der Waals surface area contributed by atoms with Gasteiger partial charge in [-0.05, 0) is 39.9 Å². The van der Waals surface area contributed by atoms with Crippen molar-refractivity contribution in [2.45, 2.75) is 57.5 Å². The van der Waals surface area contributed by atoms with Crippen LogP contribution in [0.2, 0.25) is 0 Å². The van der Waals surface area contributed by atoms with E-state index in [1.54, 1.807) is 0 Å². The molecule has 0 radical (unpaired) electrons. The standard InChI is InChI=1S/C36H35N3O6/c40-22-24-9-11-26(12-10-24)33-19-29(21-39-23-38-31-7-3-4-8-32(31)39)44-36(45-33)27-15-13-25(14-16-27)30-6-2-1-5-28(30)20-37-34(41)17-18-35(42)43/h1-16,23,29,33,36,40H,17-22H2,(H,37,41)(H,42,43)/t29-,33+,36+/m1/s1. The average molecular weight is 606 g/mol. The normalized spacial score (nSPS) is 18.1. The molecule has 0 saturated carbocycles. The summed E-state index contributed by atoms with van der Waals surface area (Å²) in [7, 11) is 0. The quantitative estimate of drug-likeness (QED) is 0.171. The minimum atomic E-state index is -0.996. The Labute approximate surface area is 261 Å². The van der Waals surface area contributed by atoms with Crippen LogP contribution in [-0.2, 0) is 38.8 Å². The van der Waals surface area contributed by atoms with Gasteiger partial charge in [0.2, 0.25) is 5.91 Å². The summed E-state index contributed by atoms with van der Waals surface area (Å²) in [4.78, 5) is 27.5. The Balaban J connectivity index is 1.22. The fourth-order valence-corrected chi connectivity index (χ4v) is 5.69. The van der Waals surface area contributed by atoms with Crippen LogP contribution in [0, 0.1) is 0 Å². The van der Waals surface area contributed by atoms with Gasteiger partial charge in [0.1, 0.15) is 0 Å². The topological polar surface area (TPSA) is 123 Å². The van der Waals surface area contributed by atoms with Crippen molar-refractivity contribution in [2.75, 3.05) is 0 Å². The van der Waals surface area contributed by atoms with Crippen molar-refractivity contribution in [1.29, 1.82) is 0 Å². The number of aliphatic hydroxyl groups excluding tert-OH is 1. The number of ether oxygens (including phenoxy) is 2. The predicted octanol–water partition coefficient (Wildman–Crippen LogP) is 5.92. The van der Waals surface area contributed by atoms with E-state index in [9.17, 15) is 14.7 Å². The number of fused-ring (bicyclic) bond motifs is 1. The van der Waals surface area contributed by atoms with Gasteiger partial charge in [-0.2, -0.15) is 0 Å². The lowest BCUT2D eigenvalue weighted by Crippen LogP contribution is -2.32. The number of carboxylic acids is 1. The number of nitrogens with one attached hydrogen (secondary N) is 1. The van der Waals surface area contributed by atoms with E-state index in [0.29, 0.717) is 19.5 Å². The molecule has 9 heteroatoms. The van der Waals surface area contributed by atoms with Crippen molar-refractivity contribution in [3.63, 3.8) is 0 Å². The molecule has 1 amide bonds. The van der Waals surface area contributed by atoms with Crippen LogP contribution in [0.15, 0.2) is 103 Å². The highest BCUT2D eigenvalue weighted by Gasteiger charge is 2.32. The van der Waals surface area contributed by atoms with E-state index in [-0.39, 0.29) is 37.6 Å². The van der Waals surface area contributed by atoms with E-state index in [0.717, 1.165) is 44.4 Å². The van der Waals surface area contributed by atoms with E-state index < -0.39 is 12.3 Å². The van der Waals surface area contributed by atoms with Crippen LogP contribution < -0.4 is 5.32 Å². The highest BCUT2D eigenvalue weighted by molar-refractivity contribution is 5.81. The summed E-state index contributed by atoms with van der Waals surface area (Å²) in [5.41, 5.74) is 7.62. The van der Waals surface area contributed by atoms with Crippen LogP contribution in [0.4, 0.5) is 0 Å². The number of aliphatic hydroxyl groups is 1. The van der Waals surface area contributed by atoms with Gasteiger partial charge in [-0.15, -0.1) is 0 Å². The molecule has 0 spiro atoms. The first-order valence-electron chi connectivity index (χ1n) is 15.0. The number of aromatic nitrogens is 2. The van der Waals surface area contributed by atoms with E-state index in [1.165, 1.54) is 0 Å². The first kappa shape index (κ1) is 30.2. The number of nitrogens with zero attached hydrogens (tertiary/aromatic N) is 2. The molecule has 6 rings (SSSR count). The number of carbonyl (C=O) groups excluding carboxylic acids is 1. The molecule has 1 aliphatic rings. The molecule has 1 aromatic heterocycles. The first-order valence-corrected chi connectivity index (χ1v) is 15.0. The second-order valence-electron chi connectivity index (χ2n) is 11.2. The van der Waals surface area contributed by atoms with E-state index in [4.69, 9.17) is 14.6 Å². The van der Waals surface area contributed by atoms with Crippen LogP contribution in [0.1, 0.15) is 53.9 Å². The number of rotatable bonds is 11. The van der Waals surface area contributed by atoms with Crippen LogP contribution >= 0.6 is 0 Å². The summed E-state index contributed by atoms with van der Waals surface area (Å²) in [6.45, 7) is 0.905. The third kappa shape index (κ3) is 7.29. The Morgan fingerprint density at radius 1 is 0.867 bits per heavy atom. The van der Waals surface area contributed by atoms with Crippen molar-refractivity contribution in [2.24, 2.45) is 0 Å². The van der Waals surface area contributed by atoms with E-state index in [1.807, 2.05) is 97.3 Å². The molecular weight excluding hydrogens is 570 g/mol. The van der Waals surface area contributed by atoms with Crippen LogP contribution in [0.3, 0.4) is 0 Å². The van der Waals surface area contributed by atoms with Crippen molar-refractivity contribution >= 4 is 22.9 Å². The van der Waals surface area contributed by atoms with Gasteiger partial charge in [0.25, 0.3) is 0 Å². The number of carbonyl (C=O) groups is 2. The summed E-state index contributed by atoms with van der Waals surface area (Å²) < 4.78 is 15.2. The molecular formula is C36H35N3O6. The molecule has 0 bridgehead atoms. The maximum atomic E-state index is 12.1. The maximum Gasteiger partial charge on any atom is 0.303 e. The van der Waals surface area contributed by atoms with Gasteiger partial charge in [0.15, 0.2) is 6.29 Å². The Hall–Kier alpha value is -4.83. The third-order valence-corrected chi connectivity index (χ3v) is 8.10. The molecule has 1 fully saturated rings. The van der Waals surface area contributed by atoms with Crippen molar-refractivity contribution < 1.29 is 29.3 Å². The second kappa shape index (κ2) is 13.9. The lowest BCUT2D eigenvalue weighted by Gasteiger charge is -2.36. The lowest BCUT2D eigenvalue weighted by molar-refractivity contribution is -0.252. The van der Waals surface area contributed by atoms with Gasteiger partial charge in [-0.3, -0.25) is 9.59 Å². The number of benzene rings is 4. The second-order valence-corrected chi connectivity index (χ2v) is 11.2. The maximum absolute atomic E-state index is 12.1.